The Bertz CT molecular complexity index is 485. The van der Waals surface area contributed by atoms with Gasteiger partial charge in [0.2, 0.25) is 11.8 Å². The predicted octanol–water partition coefficient (Wildman–Crippen LogP) is 1.86. The minimum atomic E-state index is -0.104. The Labute approximate surface area is 141 Å². The molecule has 0 bridgehead atoms. The average molecular weight is 340 g/mol. The number of hydrogen-bond donors (Lipinski definition) is 1. The molecule has 1 rings (SSSR count). The molecule has 2 amide bonds. The second-order valence-corrected chi connectivity index (χ2v) is 5.91. The summed E-state index contributed by atoms with van der Waals surface area (Å²) in [5.74, 6) is 0.301. The maximum Gasteiger partial charge on any atom is 0.233 e. The number of anilines is 1. The number of thioether (sulfide) groups is 1. The Morgan fingerprint density at radius 1 is 1.09 bits per heavy atom. The van der Waals surface area contributed by atoms with Gasteiger partial charge in [-0.15, -0.1) is 11.8 Å². The molecule has 0 spiro atoms. The Balaban J connectivity index is 2.49. The molecule has 128 valence electrons. The van der Waals surface area contributed by atoms with Crippen LogP contribution in [0.3, 0.4) is 0 Å². The van der Waals surface area contributed by atoms with E-state index in [1.54, 1.807) is 19.1 Å². The van der Waals surface area contributed by atoms with Gasteiger partial charge in [0.25, 0.3) is 0 Å². The zero-order chi connectivity index (χ0) is 17.1. The normalized spacial score (nSPS) is 10.4. The minimum Gasteiger partial charge on any atom is -0.383 e. The second-order valence-electron chi connectivity index (χ2n) is 4.86. The van der Waals surface area contributed by atoms with E-state index in [1.165, 1.54) is 18.7 Å². The fraction of sp³-hybridized carbons (Fsp3) is 0.500. The molecule has 0 heterocycles. The van der Waals surface area contributed by atoms with Crippen molar-refractivity contribution in [2.75, 3.05) is 51.6 Å². The van der Waals surface area contributed by atoms with E-state index in [-0.39, 0.29) is 11.8 Å². The van der Waals surface area contributed by atoms with Crippen LogP contribution in [0.5, 0.6) is 0 Å². The largest absolute Gasteiger partial charge is 0.383 e. The number of ether oxygens (including phenoxy) is 2. The van der Waals surface area contributed by atoms with Crippen LogP contribution in [0.1, 0.15) is 6.92 Å². The Kier molecular flexibility index (Phi) is 9.35. The van der Waals surface area contributed by atoms with Crippen molar-refractivity contribution in [1.82, 2.24) is 4.90 Å². The number of amides is 2. The molecule has 1 aromatic carbocycles. The van der Waals surface area contributed by atoms with Gasteiger partial charge in [0.15, 0.2) is 0 Å². The molecule has 0 aromatic heterocycles. The van der Waals surface area contributed by atoms with Crippen molar-refractivity contribution in [2.24, 2.45) is 0 Å². The van der Waals surface area contributed by atoms with Crippen LogP contribution in [-0.2, 0) is 19.1 Å². The van der Waals surface area contributed by atoms with E-state index in [2.05, 4.69) is 5.32 Å². The Morgan fingerprint density at radius 3 is 2.13 bits per heavy atom. The summed E-state index contributed by atoms with van der Waals surface area (Å²) in [6.45, 7) is 3.59. The monoisotopic (exact) mass is 340 g/mol. The molecule has 1 aromatic rings. The van der Waals surface area contributed by atoms with Crippen LogP contribution in [0, 0.1) is 0 Å². The lowest BCUT2D eigenvalue weighted by Crippen LogP contribution is -2.37. The third-order valence-electron chi connectivity index (χ3n) is 3.02. The molecule has 0 aliphatic heterocycles. The van der Waals surface area contributed by atoms with Gasteiger partial charge in [0.1, 0.15) is 0 Å². The van der Waals surface area contributed by atoms with Crippen molar-refractivity contribution >= 4 is 29.3 Å². The maximum absolute atomic E-state index is 12.3. The SMILES string of the molecule is COCCN(CCOC)C(=O)CSc1ccc(NC(C)=O)cc1. The van der Waals surface area contributed by atoms with Gasteiger partial charge in [-0.3, -0.25) is 9.59 Å². The summed E-state index contributed by atoms with van der Waals surface area (Å²) in [5.41, 5.74) is 0.745. The molecule has 6 nitrogen and oxygen atoms in total. The van der Waals surface area contributed by atoms with Gasteiger partial charge in [-0.25, -0.2) is 0 Å². The first-order chi connectivity index (χ1) is 11.1. The van der Waals surface area contributed by atoms with Crippen molar-refractivity contribution in [2.45, 2.75) is 11.8 Å². The van der Waals surface area contributed by atoms with Crippen molar-refractivity contribution < 1.29 is 19.1 Å². The first-order valence-corrected chi connectivity index (χ1v) is 8.31. The summed E-state index contributed by atoms with van der Waals surface area (Å²) in [6.07, 6.45) is 0. The van der Waals surface area contributed by atoms with Crippen LogP contribution < -0.4 is 5.32 Å². The molecule has 0 unspecified atom stereocenters. The summed E-state index contributed by atoms with van der Waals surface area (Å²) in [5, 5.41) is 2.71. The molecule has 0 saturated carbocycles. The van der Waals surface area contributed by atoms with Gasteiger partial charge < -0.3 is 19.7 Å². The average Bonchev–Trinajstić information content (AvgIpc) is 2.53. The van der Waals surface area contributed by atoms with Crippen LogP contribution >= 0.6 is 11.8 Å². The number of rotatable bonds is 10. The van der Waals surface area contributed by atoms with E-state index in [0.29, 0.717) is 32.1 Å². The first kappa shape index (κ1) is 19.5. The van der Waals surface area contributed by atoms with Gasteiger partial charge in [-0.1, -0.05) is 0 Å². The van der Waals surface area contributed by atoms with Crippen molar-refractivity contribution in [3.05, 3.63) is 24.3 Å². The summed E-state index contributed by atoms with van der Waals surface area (Å²) < 4.78 is 10.1. The molecule has 0 saturated heterocycles. The highest BCUT2D eigenvalue weighted by molar-refractivity contribution is 8.00. The highest BCUT2D eigenvalue weighted by Gasteiger charge is 2.13. The van der Waals surface area contributed by atoms with E-state index in [9.17, 15) is 9.59 Å². The van der Waals surface area contributed by atoms with Gasteiger partial charge in [-0.2, -0.15) is 0 Å². The highest BCUT2D eigenvalue weighted by atomic mass is 32.2. The molecule has 0 aliphatic carbocycles. The molecular weight excluding hydrogens is 316 g/mol. The molecule has 0 atom stereocenters. The Hall–Kier alpha value is -1.57. The summed E-state index contributed by atoms with van der Waals surface area (Å²) in [4.78, 5) is 26.0. The fourth-order valence-corrected chi connectivity index (χ4v) is 2.64. The van der Waals surface area contributed by atoms with Crippen molar-refractivity contribution in [3.8, 4) is 0 Å². The fourth-order valence-electron chi connectivity index (χ4n) is 1.84. The zero-order valence-corrected chi connectivity index (χ0v) is 14.6. The number of benzene rings is 1. The van der Waals surface area contributed by atoms with E-state index in [4.69, 9.17) is 9.47 Å². The molecule has 23 heavy (non-hydrogen) atoms. The summed E-state index contributed by atoms with van der Waals surface area (Å²) >= 11 is 1.47. The maximum atomic E-state index is 12.3. The van der Waals surface area contributed by atoms with Gasteiger partial charge in [0, 0.05) is 44.8 Å². The standard InChI is InChI=1S/C16H24N2O4S/c1-13(19)17-14-4-6-15(7-5-14)23-12-16(20)18(8-10-21-2)9-11-22-3/h4-7H,8-12H2,1-3H3,(H,17,19). The van der Waals surface area contributed by atoms with Gasteiger partial charge in [-0.05, 0) is 24.3 Å². The highest BCUT2D eigenvalue weighted by Crippen LogP contribution is 2.20. The number of carbonyl (C=O) groups excluding carboxylic acids is 2. The van der Waals surface area contributed by atoms with Gasteiger partial charge >= 0.3 is 0 Å². The predicted molar refractivity (Wildman–Crippen MR) is 91.8 cm³/mol. The second kappa shape index (κ2) is 11.0. The summed E-state index contributed by atoms with van der Waals surface area (Å²) in [6, 6.07) is 7.42. The van der Waals surface area contributed by atoms with Crippen LogP contribution in [0.2, 0.25) is 0 Å². The quantitative estimate of drug-likeness (QED) is 0.659. The number of nitrogens with one attached hydrogen (secondary N) is 1. The molecule has 7 heteroatoms. The van der Waals surface area contributed by atoms with Crippen LogP contribution in [0.15, 0.2) is 29.2 Å². The lowest BCUT2D eigenvalue weighted by molar-refractivity contribution is -0.129. The lowest BCUT2D eigenvalue weighted by atomic mass is 10.3. The topological polar surface area (TPSA) is 67.9 Å². The van der Waals surface area contributed by atoms with E-state index in [0.717, 1.165) is 10.6 Å². The molecule has 1 N–H and O–H groups in total. The zero-order valence-electron chi connectivity index (χ0n) is 13.8. The first-order valence-electron chi connectivity index (χ1n) is 7.33. The number of nitrogens with zero attached hydrogens (tertiary/aromatic N) is 1. The van der Waals surface area contributed by atoms with Crippen molar-refractivity contribution in [3.63, 3.8) is 0 Å². The van der Waals surface area contributed by atoms with Crippen molar-refractivity contribution in [1.29, 1.82) is 0 Å². The van der Waals surface area contributed by atoms with Crippen LogP contribution in [0.25, 0.3) is 0 Å². The molecule has 0 fully saturated rings. The lowest BCUT2D eigenvalue weighted by Gasteiger charge is -2.21. The molecule has 0 radical (unpaired) electrons. The van der Waals surface area contributed by atoms with Crippen LogP contribution in [-0.4, -0.2) is 63.0 Å². The number of methoxy groups -OCH3 is 2. The number of carbonyl (C=O) groups is 2. The number of hydrogen-bond acceptors (Lipinski definition) is 5. The van der Waals surface area contributed by atoms with Gasteiger partial charge in [0.05, 0.1) is 19.0 Å². The smallest absolute Gasteiger partial charge is 0.233 e. The third kappa shape index (κ3) is 8.01. The molecular formula is C16H24N2O4S. The minimum absolute atomic E-state index is 0.0510. The van der Waals surface area contributed by atoms with Crippen LogP contribution in [0.4, 0.5) is 5.69 Å². The Morgan fingerprint density at radius 2 is 1.65 bits per heavy atom. The van der Waals surface area contributed by atoms with E-state index >= 15 is 0 Å². The third-order valence-corrected chi connectivity index (χ3v) is 4.02. The summed E-state index contributed by atoms with van der Waals surface area (Å²) in [7, 11) is 3.23. The van der Waals surface area contributed by atoms with E-state index < -0.39 is 0 Å². The van der Waals surface area contributed by atoms with E-state index in [1.807, 2.05) is 24.3 Å². The molecule has 0 aliphatic rings.